The summed E-state index contributed by atoms with van der Waals surface area (Å²) in [5, 5.41) is 23.1. The fourth-order valence-corrected chi connectivity index (χ4v) is 2.45. The molecular formula is C12H13N3O4S. The molecule has 0 fully saturated rings. The van der Waals surface area contributed by atoms with Gasteiger partial charge in [0.2, 0.25) is 0 Å². The SMILES string of the molecule is C[C@@H](O)[C@H](NC(=O)Nc1nc2ccccc2s1)C(=O)O. The molecule has 2 atom stereocenters. The van der Waals surface area contributed by atoms with Gasteiger partial charge in [0.05, 0.1) is 16.3 Å². The molecule has 0 saturated heterocycles. The number of amides is 2. The Hall–Kier alpha value is -2.19. The molecule has 0 radical (unpaired) electrons. The Morgan fingerprint density at radius 2 is 2.05 bits per heavy atom. The lowest BCUT2D eigenvalue weighted by Crippen LogP contribution is -2.49. The van der Waals surface area contributed by atoms with E-state index < -0.39 is 24.1 Å². The zero-order valence-electron chi connectivity index (χ0n) is 10.5. The van der Waals surface area contributed by atoms with Gasteiger partial charge in [-0.3, -0.25) is 5.32 Å². The highest BCUT2D eigenvalue weighted by atomic mass is 32.1. The van der Waals surface area contributed by atoms with Crippen LogP contribution in [0.5, 0.6) is 0 Å². The molecule has 1 aromatic carbocycles. The number of carboxylic acid groups (broad SMARTS) is 1. The Morgan fingerprint density at radius 3 is 2.65 bits per heavy atom. The summed E-state index contributed by atoms with van der Waals surface area (Å²) in [6.45, 7) is 1.29. The first-order valence-electron chi connectivity index (χ1n) is 5.81. The number of carbonyl (C=O) groups is 2. The Morgan fingerprint density at radius 1 is 1.35 bits per heavy atom. The van der Waals surface area contributed by atoms with Crippen molar-refractivity contribution in [2.24, 2.45) is 0 Å². The number of hydrogen-bond donors (Lipinski definition) is 4. The number of anilines is 1. The molecule has 0 aliphatic rings. The summed E-state index contributed by atoms with van der Waals surface area (Å²) in [5.41, 5.74) is 0.748. The molecule has 7 nitrogen and oxygen atoms in total. The van der Waals surface area contributed by atoms with E-state index in [0.717, 1.165) is 10.2 Å². The van der Waals surface area contributed by atoms with Crippen molar-refractivity contribution in [2.45, 2.75) is 19.1 Å². The summed E-state index contributed by atoms with van der Waals surface area (Å²) in [6.07, 6.45) is -1.20. The number of para-hydroxylation sites is 1. The van der Waals surface area contributed by atoms with Crippen molar-refractivity contribution >= 4 is 38.7 Å². The summed E-state index contributed by atoms with van der Waals surface area (Å²) in [5.74, 6) is -1.31. The van der Waals surface area contributed by atoms with Crippen molar-refractivity contribution in [3.63, 3.8) is 0 Å². The molecule has 0 bridgehead atoms. The minimum absolute atomic E-state index is 0.360. The van der Waals surface area contributed by atoms with E-state index in [-0.39, 0.29) is 0 Å². The van der Waals surface area contributed by atoms with Gasteiger partial charge in [-0.25, -0.2) is 14.6 Å². The van der Waals surface area contributed by atoms with E-state index in [1.54, 1.807) is 0 Å². The van der Waals surface area contributed by atoms with Crippen molar-refractivity contribution < 1.29 is 19.8 Å². The minimum Gasteiger partial charge on any atom is -0.480 e. The van der Waals surface area contributed by atoms with Crippen LogP contribution in [0, 0.1) is 0 Å². The number of fused-ring (bicyclic) bond motifs is 1. The first-order valence-corrected chi connectivity index (χ1v) is 6.63. The lowest BCUT2D eigenvalue weighted by molar-refractivity contribution is -0.141. The van der Waals surface area contributed by atoms with Gasteiger partial charge < -0.3 is 15.5 Å². The molecule has 0 spiro atoms. The monoisotopic (exact) mass is 295 g/mol. The van der Waals surface area contributed by atoms with E-state index in [0.29, 0.717) is 5.13 Å². The topological polar surface area (TPSA) is 112 Å². The molecule has 20 heavy (non-hydrogen) atoms. The molecule has 4 N–H and O–H groups in total. The quantitative estimate of drug-likeness (QED) is 0.678. The summed E-state index contributed by atoms with van der Waals surface area (Å²) in [7, 11) is 0. The number of nitrogens with zero attached hydrogens (tertiary/aromatic N) is 1. The van der Waals surface area contributed by atoms with Crippen LogP contribution < -0.4 is 10.6 Å². The number of thiazole rings is 1. The number of carbonyl (C=O) groups excluding carboxylic acids is 1. The standard InChI is InChI=1S/C12H13N3O4S/c1-6(16)9(10(17)18)14-11(19)15-12-13-7-4-2-3-5-8(7)20-12/h2-6,9,16H,1H3,(H,17,18)(H2,13,14,15,19)/t6-,9+/m1/s1. The van der Waals surface area contributed by atoms with Gasteiger partial charge in [0, 0.05) is 0 Å². The van der Waals surface area contributed by atoms with Crippen LogP contribution in [-0.4, -0.2) is 39.3 Å². The highest BCUT2D eigenvalue weighted by molar-refractivity contribution is 7.22. The molecular weight excluding hydrogens is 282 g/mol. The van der Waals surface area contributed by atoms with Gasteiger partial charge in [-0.1, -0.05) is 23.5 Å². The molecule has 0 aliphatic heterocycles. The summed E-state index contributed by atoms with van der Waals surface area (Å²) >= 11 is 1.28. The zero-order chi connectivity index (χ0) is 14.7. The van der Waals surface area contributed by atoms with E-state index in [4.69, 9.17) is 5.11 Å². The fourth-order valence-electron chi connectivity index (χ4n) is 1.59. The van der Waals surface area contributed by atoms with Crippen molar-refractivity contribution in [3.05, 3.63) is 24.3 Å². The maximum absolute atomic E-state index is 11.7. The lowest BCUT2D eigenvalue weighted by Gasteiger charge is -2.16. The maximum atomic E-state index is 11.7. The Bertz CT molecular complexity index is 607. The minimum atomic E-state index is -1.37. The number of aliphatic carboxylic acids is 1. The van der Waals surface area contributed by atoms with Gasteiger partial charge in [-0.15, -0.1) is 0 Å². The van der Waals surface area contributed by atoms with Crippen LogP contribution in [-0.2, 0) is 4.79 Å². The molecule has 0 saturated carbocycles. The number of nitrogens with one attached hydrogen (secondary N) is 2. The fraction of sp³-hybridized carbons (Fsp3) is 0.250. The number of aliphatic hydroxyl groups excluding tert-OH is 1. The van der Waals surface area contributed by atoms with Gasteiger partial charge >= 0.3 is 12.0 Å². The molecule has 0 unspecified atom stereocenters. The average molecular weight is 295 g/mol. The second kappa shape index (κ2) is 5.85. The van der Waals surface area contributed by atoms with Crippen LogP contribution in [0.3, 0.4) is 0 Å². The second-order valence-electron chi connectivity index (χ2n) is 4.14. The highest BCUT2D eigenvalue weighted by Crippen LogP contribution is 2.25. The van der Waals surface area contributed by atoms with Gasteiger partial charge in [0.15, 0.2) is 11.2 Å². The van der Waals surface area contributed by atoms with Crippen LogP contribution in [0.2, 0.25) is 0 Å². The van der Waals surface area contributed by atoms with Crippen molar-refractivity contribution in [3.8, 4) is 0 Å². The number of carboxylic acids is 1. The van der Waals surface area contributed by atoms with Crippen LogP contribution in [0.25, 0.3) is 10.2 Å². The van der Waals surface area contributed by atoms with Crippen LogP contribution in [0.15, 0.2) is 24.3 Å². The number of rotatable bonds is 4. The summed E-state index contributed by atoms with van der Waals surface area (Å²) in [4.78, 5) is 26.7. The summed E-state index contributed by atoms with van der Waals surface area (Å²) < 4.78 is 0.910. The normalized spacial score (nSPS) is 13.7. The Kier molecular flexibility index (Phi) is 4.16. The third kappa shape index (κ3) is 3.22. The molecule has 1 heterocycles. The number of aromatic nitrogens is 1. The molecule has 8 heteroatoms. The highest BCUT2D eigenvalue weighted by Gasteiger charge is 2.25. The smallest absolute Gasteiger partial charge is 0.328 e. The van der Waals surface area contributed by atoms with E-state index in [1.807, 2.05) is 24.3 Å². The van der Waals surface area contributed by atoms with Crippen LogP contribution in [0.4, 0.5) is 9.93 Å². The molecule has 1 aromatic heterocycles. The van der Waals surface area contributed by atoms with Gasteiger partial charge in [0.1, 0.15) is 0 Å². The molecule has 2 amide bonds. The third-order valence-corrected chi connectivity index (χ3v) is 3.50. The molecule has 2 rings (SSSR count). The van der Waals surface area contributed by atoms with Crippen molar-refractivity contribution in [1.82, 2.24) is 10.3 Å². The first kappa shape index (κ1) is 14.2. The van der Waals surface area contributed by atoms with E-state index in [1.165, 1.54) is 18.3 Å². The van der Waals surface area contributed by atoms with E-state index >= 15 is 0 Å². The number of benzene rings is 1. The predicted octanol–water partition coefficient (Wildman–Crippen LogP) is 1.25. The zero-order valence-corrected chi connectivity index (χ0v) is 11.3. The van der Waals surface area contributed by atoms with Gasteiger partial charge in [-0.2, -0.15) is 0 Å². The molecule has 106 valence electrons. The van der Waals surface area contributed by atoms with Crippen molar-refractivity contribution in [1.29, 1.82) is 0 Å². The largest absolute Gasteiger partial charge is 0.480 e. The predicted molar refractivity (Wildman–Crippen MR) is 74.9 cm³/mol. The van der Waals surface area contributed by atoms with E-state index in [2.05, 4.69) is 15.6 Å². The number of urea groups is 1. The number of aliphatic hydroxyl groups is 1. The molecule has 0 aliphatic carbocycles. The third-order valence-electron chi connectivity index (χ3n) is 2.55. The second-order valence-corrected chi connectivity index (χ2v) is 5.17. The number of hydrogen-bond acceptors (Lipinski definition) is 5. The average Bonchev–Trinajstić information content (AvgIpc) is 2.77. The first-order chi connectivity index (χ1) is 9.47. The van der Waals surface area contributed by atoms with Gasteiger partial charge in [0.25, 0.3) is 0 Å². The molecule has 2 aromatic rings. The van der Waals surface area contributed by atoms with Crippen LogP contribution >= 0.6 is 11.3 Å². The van der Waals surface area contributed by atoms with E-state index in [9.17, 15) is 14.7 Å². The van der Waals surface area contributed by atoms with Crippen molar-refractivity contribution in [2.75, 3.05) is 5.32 Å². The maximum Gasteiger partial charge on any atom is 0.328 e. The Balaban J connectivity index is 2.05. The van der Waals surface area contributed by atoms with Crippen LogP contribution in [0.1, 0.15) is 6.92 Å². The van der Waals surface area contributed by atoms with Gasteiger partial charge in [-0.05, 0) is 19.1 Å². The Labute approximate surface area is 118 Å². The summed E-state index contributed by atoms with van der Waals surface area (Å²) in [6, 6.07) is 5.27. The lowest BCUT2D eigenvalue weighted by atomic mass is 10.2.